The van der Waals surface area contributed by atoms with Gasteiger partial charge in [-0.3, -0.25) is 4.79 Å². The van der Waals surface area contributed by atoms with Crippen LogP contribution in [0.2, 0.25) is 5.02 Å². The molecule has 0 saturated carbocycles. The van der Waals surface area contributed by atoms with Crippen molar-refractivity contribution in [3.05, 3.63) is 39.5 Å². The number of carbonyl (C=O) groups is 1. The van der Waals surface area contributed by atoms with Crippen molar-refractivity contribution in [3.8, 4) is 11.5 Å². The first-order chi connectivity index (χ1) is 12.0. The summed E-state index contributed by atoms with van der Waals surface area (Å²) in [6, 6.07) is 7.49. The fourth-order valence-corrected chi connectivity index (χ4v) is 3.70. The molecule has 2 rings (SSSR count). The molecule has 136 valence electrons. The first kappa shape index (κ1) is 19.6. The van der Waals surface area contributed by atoms with Crippen LogP contribution >= 0.6 is 22.9 Å². The largest absolute Gasteiger partial charge is 0.495 e. The predicted molar refractivity (Wildman–Crippen MR) is 103 cm³/mol. The van der Waals surface area contributed by atoms with E-state index in [1.54, 1.807) is 23.5 Å². The van der Waals surface area contributed by atoms with E-state index < -0.39 is 0 Å². The van der Waals surface area contributed by atoms with Gasteiger partial charge in [-0.25, -0.2) is 0 Å². The number of carbonyl (C=O) groups excluding carboxylic acids is 1. The van der Waals surface area contributed by atoms with Gasteiger partial charge in [-0.2, -0.15) is 0 Å². The van der Waals surface area contributed by atoms with Crippen LogP contribution in [0, 0.1) is 5.92 Å². The number of nitrogens with one attached hydrogen (secondary N) is 2. The molecule has 0 radical (unpaired) electrons. The van der Waals surface area contributed by atoms with Crippen LogP contribution in [0.3, 0.4) is 0 Å². The monoisotopic (exact) mass is 382 g/mol. The van der Waals surface area contributed by atoms with Crippen molar-refractivity contribution in [2.75, 3.05) is 26.1 Å². The van der Waals surface area contributed by atoms with E-state index >= 15 is 0 Å². The molecule has 0 fully saturated rings. The molecule has 5 nitrogen and oxygen atoms in total. The number of hydrogen-bond donors (Lipinski definition) is 2. The van der Waals surface area contributed by atoms with Crippen LogP contribution in [0.1, 0.15) is 24.8 Å². The lowest BCUT2D eigenvalue weighted by atomic mass is 10.0. The van der Waals surface area contributed by atoms with E-state index in [1.807, 2.05) is 11.4 Å². The van der Waals surface area contributed by atoms with E-state index in [1.165, 1.54) is 19.1 Å². The first-order valence-electron chi connectivity index (χ1n) is 7.94. The Kier molecular flexibility index (Phi) is 7.11. The highest BCUT2D eigenvalue weighted by Crippen LogP contribution is 2.35. The highest BCUT2D eigenvalue weighted by molar-refractivity contribution is 7.10. The molecule has 1 atom stereocenters. The summed E-state index contributed by atoms with van der Waals surface area (Å²) in [6.45, 7) is 4.44. The van der Waals surface area contributed by atoms with Crippen LogP contribution in [0.25, 0.3) is 0 Å². The van der Waals surface area contributed by atoms with Gasteiger partial charge in [0, 0.05) is 17.0 Å². The number of benzene rings is 1. The average molecular weight is 383 g/mol. The summed E-state index contributed by atoms with van der Waals surface area (Å²) in [4.78, 5) is 13.6. The van der Waals surface area contributed by atoms with Gasteiger partial charge in [-0.05, 0) is 23.4 Å². The summed E-state index contributed by atoms with van der Waals surface area (Å²) in [5, 5.41) is 8.59. The Hall–Kier alpha value is -1.76. The van der Waals surface area contributed by atoms with Crippen molar-refractivity contribution in [3.63, 3.8) is 0 Å². The molecule has 0 aliphatic heterocycles. The standard InChI is InChI=1S/C18H23ClN2O3S/c1-11(2)18(16-6-5-7-25-16)20-10-17(22)21-13-8-12(19)14(23-3)9-15(13)24-4/h5-9,11,18,20H,10H2,1-4H3,(H,21,22). The van der Waals surface area contributed by atoms with Crippen LogP contribution in [0.4, 0.5) is 5.69 Å². The van der Waals surface area contributed by atoms with Crippen LogP contribution in [0.15, 0.2) is 29.6 Å². The van der Waals surface area contributed by atoms with Gasteiger partial charge in [0.25, 0.3) is 0 Å². The fraction of sp³-hybridized carbons (Fsp3) is 0.389. The van der Waals surface area contributed by atoms with Crippen LogP contribution in [0.5, 0.6) is 11.5 Å². The predicted octanol–water partition coefficient (Wildman–Crippen LogP) is 4.34. The van der Waals surface area contributed by atoms with Crippen LogP contribution in [-0.2, 0) is 4.79 Å². The molecule has 1 unspecified atom stereocenters. The first-order valence-corrected chi connectivity index (χ1v) is 9.20. The number of thiophene rings is 1. The van der Waals surface area contributed by atoms with Crippen molar-refractivity contribution in [1.82, 2.24) is 5.32 Å². The summed E-state index contributed by atoms with van der Waals surface area (Å²) in [5.41, 5.74) is 0.511. The highest BCUT2D eigenvalue weighted by Gasteiger charge is 2.18. The number of ether oxygens (including phenoxy) is 2. The molecule has 1 heterocycles. The van der Waals surface area contributed by atoms with E-state index in [9.17, 15) is 4.79 Å². The summed E-state index contributed by atoms with van der Waals surface area (Å²) < 4.78 is 10.5. The zero-order valence-electron chi connectivity index (χ0n) is 14.8. The van der Waals surface area contributed by atoms with Crippen LogP contribution < -0.4 is 20.1 Å². The molecule has 0 bridgehead atoms. The molecular formula is C18H23ClN2O3S. The molecule has 2 aromatic rings. The molecule has 7 heteroatoms. The third-order valence-corrected chi connectivity index (χ3v) is 5.00. The maximum Gasteiger partial charge on any atom is 0.238 e. The second-order valence-electron chi connectivity index (χ2n) is 5.85. The van der Waals surface area contributed by atoms with Gasteiger partial charge in [0.2, 0.25) is 5.91 Å². The molecule has 1 aromatic heterocycles. The molecular weight excluding hydrogens is 360 g/mol. The number of halogens is 1. The zero-order chi connectivity index (χ0) is 18.4. The van der Waals surface area contributed by atoms with Crippen LogP contribution in [-0.4, -0.2) is 26.7 Å². The topological polar surface area (TPSA) is 59.6 Å². The third kappa shape index (κ3) is 5.11. The Morgan fingerprint density at radius 1 is 1.24 bits per heavy atom. The van der Waals surface area contributed by atoms with Gasteiger partial charge in [-0.1, -0.05) is 31.5 Å². The fourth-order valence-electron chi connectivity index (χ4n) is 2.49. The van der Waals surface area contributed by atoms with Crippen molar-refractivity contribution in [1.29, 1.82) is 0 Å². The normalized spacial score (nSPS) is 12.1. The summed E-state index contributed by atoms with van der Waals surface area (Å²) in [7, 11) is 3.06. The van der Waals surface area contributed by atoms with Crippen molar-refractivity contribution in [2.24, 2.45) is 5.92 Å². The Balaban J connectivity index is 2.03. The Morgan fingerprint density at radius 3 is 2.52 bits per heavy atom. The minimum Gasteiger partial charge on any atom is -0.495 e. The quantitative estimate of drug-likeness (QED) is 0.712. The smallest absolute Gasteiger partial charge is 0.238 e. The second-order valence-corrected chi connectivity index (χ2v) is 7.24. The lowest BCUT2D eigenvalue weighted by molar-refractivity contribution is -0.115. The number of amides is 1. The summed E-state index contributed by atoms with van der Waals surface area (Å²) in [6.07, 6.45) is 0. The van der Waals surface area contributed by atoms with Gasteiger partial charge >= 0.3 is 0 Å². The van der Waals surface area contributed by atoms with E-state index in [-0.39, 0.29) is 18.5 Å². The second kappa shape index (κ2) is 9.08. The van der Waals surface area contributed by atoms with Gasteiger partial charge in [0.1, 0.15) is 11.5 Å². The van der Waals surface area contributed by atoms with E-state index in [2.05, 4.69) is 30.5 Å². The Morgan fingerprint density at radius 2 is 1.96 bits per heavy atom. The maximum atomic E-state index is 12.3. The summed E-state index contributed by atoms with van der Waals surface area (Å²) >= 11 is 7.81. The third-order valence-electron chi connectivity index (χ3n) is 3.75. The zero-order valence-corrected chi connectivity index (χ0v) is 16.3. The average Bonchev–Trinajstić information content (AvgIpc) is 3.09. The SMILES string of the molecule is COc1cc(OC)c(NC(=O)CNC(c2cccs2)C(C)C)cc1Cl. The lowest BCUT2D eigenvalue weighted by Gasteiger charge is -2.21. The minimum atomic E-state index is -0.165. The lowest BCUT2D eigenvalue weighted by Crippen LogP contribution is -2.33. The maximum absolute atomic E-state index is 12.3. The van der Waals surface area contributed by atoms with E-state index in [0.29, 0.717) is 28.1 Å². The van der Waals surface area contributed by atoms with Gasteiger partial charge in [-0.15, -0.1) is 11.3 Å². The Bertz CT molecular complexity index is 705. The Labute approximate surface area is 157 Å². The number of methoxy groups -OCH3 is 2. The van der Waals surface area contributed by atoms with Crippen molar-refractivity contribution < 1.29 is 14.3 Å². The number of hydrogen-bond acceptors (Lipinski definition) is 5. The molecule has 0 aliphatic carbocycles. The van der Waals surface area contributed by atoms with Crippen molar-refractivity contribution >= 4 is 34.5 Å². The van der Waals surface area contributed by atoms with E-state index in [4.69, 9.17) is 21.1 Å². The summed E-state index contributed by atoms with van der Waals surface area (Å²) in [5.74, 6) is 1.19. The van der Waals surface area contributed by atoms with Gasteiger partial charge in [0.15, 0.2) is 0 Å². The molecule has 25 heavy (non-hydrogen) atoms. The molecule has 1 aromatic carbocycles. The molecule has 0 aliphatic rings. The van der Waals surface area contributed by atoms with Gasteiger partial charge in [0.05, 0.1) is 31.5 Å². The van der Waals surface area contributed by atoms with Crippen molar-refractivity contribution in [2.45, 2.75) is 19.9 Å². The molecule has 2 N–H and O–H groups in total. The molecule has 1 amide bonds. The minimum absolute atomic E-state index is 0.132. The number of anilines is 1. The number of rotatable bonds is 8. The van der Waals surface area contributed by atoms with E-state index in [0.717, 1.165) is 0 Å². The molecule has 0 spiro atoms. The van der Waals surface area contributed by atoms with Gasteiger partial charge < -0.3 is 20.1 Å². The highest BCUT2D eigenvalue weighted by atomic mass is 35.5. The molecule has 0 saturated heterocycles.